The van der Waals surface area contributed by atoms with Crippen molar-refractivity contribution in [2.75, 3.05) is 0 Å². The predicted octanol–water partition coefficient (Wildman–Crippen LogP) is 1.97. The Labute approximate surface area is 68.8 Å². The van der Waals surface area contributed by atoms with Crippen molar-refractivity contribution in [3.05, 3.63) is 28.0 Å². The van der Waals surface area contributed by atoms with E-state index >= 15 is 0 Å². The second-order valence-corrected chi connectivity index (χ2v) is 2.78. The van der Waals surface area contributed by atoms with Gasteiger partial charge in [0.15, 0.2) is 6.26 Å². The number of aldehydes is 1. The molecule has 0 bridgehead atoms. The lowest BCUT2D eigenvalue weighted by molar-refractivity contribution is 0.111. The van der Waals surface area contributed by atoms with Gasteiger partial charge in [-0.3, -0.25) is 9.78 Å². The maximum atomic E-state index is 10.5. The van der Waals surface area contributed by atoms with Crippen molar-refractivity contribution < 1.29 is 6.17 Å². The lowest BCUT2D eigenvalue weighted by Crippen LogP contribution is -1.87. The molecule has 3 heteroatoms. The minimum atomic E-state index is -0.749. The first-order valence-electron chi connectivity index (χ1n) is 3.24. The van der Waals surface area contributed by atoms with E-state index in [0.717, 1.165) is 10.0 Å². The molecule has 0 spiro atoms. The number of rotatable bonds is 1. The zero-order chi connectivity index (χ0) is 8.43. The molecule has 0 aliphatic rings. The summed E-state index contributed by atoms with van der Waals surface area (Å²) in [7, 11) is 0. The van der Waals surface area contributed by atoms with Crippen LogP contribution in [0.5, 0.6) is 0 Å². The normalized spacial score (nSPS) is 10.8. The van der Waals surface area contributed by atoms with E-state index in [1.807, 2.05) is 6.92 Å². The van der Waals surface area contributed by atoms with Crippen LogP contribution in [0.4, 0.5) is 0 Å². The highest BCUT2D eigenvalue weighted by atomic mass is 79.9. The Morgan fingerprint density at radius 2 is 2.60 bits per heavy atom. The van der Waals surface area contributed by atoms with Crippen LogP contribution >= 0.6 is 15.9 Å². The quantitative estimate of drug-likeness (QED) is 0.650. The second-order valence-electron chi connectivity index (χ2n) is 1.92. The summed E-state index contributed by atoms with van der Waals surface area (Å²) in [5.74, 6) is 0. The van der Waals surface area contributed by atoms with Crippen molar-refractivity contribution in [3.8, 4) is 0 Å². The summed E-state index contributed by atoms with van der Waals surface area (Å²) in [6.45, 7) is 1.85. The fraction of sp³-hybridized carbons (Fsp3) is 0.143. The van der Waals surface area contributed by atoms with Gasteiger partial charge in [-0.25, -0.2) is 0 Å². The zero-order valence-electron chi connectivity index (χ0n) is 6.39. The van der Waals surface area contributed by atoms with E-state index in [1.165, 1.54) is 6.20 Å². The standard InChI is InChI=1S/C7H6BrNO/c1-5-2-6(4-10)9-3-7(5)8/h2-4H,1H3/i4D. The molecule has 0 unspecified atom stereocenters. The first-order valence-corrected chi connectivity index (χ1v) is 3.53. The Morgan fingerprint density at radius 1 is 1.90 bits per heavy atom. The molecule has 0 fully saturated rings. The lowest BCUT2D eigenvalue weighted by Gasteiger charge is -1.95. The second kappa shape index (κ2) is 2.92. The van der Waals surface area contributed by atoms with Crippen molar-refractivity contribution >= 4 is 22.2 Å². The molecule has 0 aliphatic carbocycles. The van der Waals surface area contributed by atoms with Crippen molar-refractivity contribution in [3.63, 3.8) is 0 Å². The molecule has 2 nitrogen and oxygen atoms in total. The SMILES string of the molecule is [2H]C(=O)c1cc(C)c(Br)cn1. The Balaban J connectivity index is 3.15. The predicted molar refractivity (Wildman–Crippen MR) is 42.1 cm³/mol. The van der Waals surface area contributed by atoms with Crippen molar-refractivity contribution in [1.82, 2.24) is 4.98 Å². The number of hydrogen-bond acceptors (Lipinski definition) is 2. The van der Waals surface area contributed by atoms with Gasteiger partial charge in [0.1, 0.15) is 7.06 Å². The van der Waals surface area contributed by atoms with Gasteiger partial charge in [-0.1, -0.05) is 0 Å². The molecule has 0 amide bonds. The summed E-state index contributed by atoms with van der Waals surface area (Å²) >= 11 is 3.24. The maximum absolute atomic E-state index is 10.5. The average molecular weight is 201 g/mol. The maximum Gasteiger partial charge on any atom is 0.168 e. The van der Waals surface area contributed by atoms with E-state index in [2.05, 4.69) is 20.9 Å². The van der Waals surface area contributed by atoms with Gasteiger partial charge in [0.25, 0.3) is 0 Å². The summed E-state index contributed by atoms with van der Waals surface area (Å²) in [6, 6.07) is 1.58. The minimum absolute atomic E-state index is 0.186. The fourth-order valence-corrected chi connectivity index (χ4v) is 0.812. The number of nitrogens with zero attached hydrogens (tertiary/aromatic N) is 1. The highest BCUT2D eigenvalue weighted by Crippen LogP contribution is 2.13. The van der Waals surface area contributed by atoms with Crippen LogP contribution in [-0.2, 0) is 0 Å². The third kappa shape index (κ3) is 1.42. The van der Waals surface area contributed by atoms with E-state index < -0.39 is 6.26 Å². The van der Waals surface area contributed by atoms with Gasteiger partial charge in [0, 0.05) is 10.7 Å². The minimum Gasteiger partial charge on any atom is -0.296 e. The number of carbonyl (C=O) groups is 1. The van der Waals surface area contributed by atoms with Crippen LogP contribution in [0, 0.1) is 6.92 Å². The molecule has 1 aromatic rings. The van der Waals surface area contributed by atoms with Crippen LogP contribution in [0.2, 0.25) is 0 Å². The van der Waals surface area contributed by atoms with Crippen LogP contribution in [0.3, 0.4) is 0 Å². The summed E-state index contributed by atoms with van der Waals surface area (Å²) < 4.78 is 7.62. The van der Waals surface area contributed by atoms with Gasteiger partial charge >= 0.3 is 0 Å². The van der Waals surface area contributed by atoms with Gasteiger partial charge in [-0.2, -0.15) is 0 Å². The van der Waals surface area contributed by atoms with E-state index in [9.17, 15) is 4.79 Å². The number of aromatic nitrogens is 1. The van der Waals surface area contributed by atoms with E-state index in [0.29, 0.717) is 0 Å². The number of carbonyl (C=O) groups excluding carboxylic acids is 1. The van der Waals surface area contributed by atoms with Crippen LogP contribution in [-0.4, -0.2) is 11.2 Å². The topological polar surface area (TPSA) is 30.0 Å². The number of aryl methyl sites for hydroxylation is 1. The molecule has 0 aliphatic heterocycles. The molecule has 1 aromatic heterocycles. The Morgan fingerprint density at radius 3 is 3.10 bits per heavy atom. The number of pyridine rings is 1. The van der Waals surface area contributed by atoms with Crippen LogP contribution in [0.25, 0.3) is 0 Å². The van der Waals surface area contributed by atoms with Gasteiger partial charge in [0.05, 0.1) is 0 Å². The molecule has 52 valence electrons. The largest absolute Gasteiger partial charge is 0.296 e. The molecule has 0 atom stereocenters. The molecule has 0 saturated carbocycles. The Bertz CT molecular complexity index is 300. The molecule has 0 N–H and O–H groups in total. The molecular weight excluding hydrogens is 194 g/mol. The third-order valence-electron chi connectivity index (χ3n) is 1.15. The monoisotopic (exact) mass is 200 g/mol. The van der Waals surface area contributed by atoms with Crippen LogP contribution in [0.1, 0.15) is 17.4 Å². The van der Waals surface area contributed by atoms with Gasteiger partial charge < -0.3 is 0 Å². The van der Waals surface area contributed by atoms with Crippen molar-refractivity contribution in [1.29, 1.82) is 0 Å². The molecule has 1 heterocycles. The summed E-state index contributed by atoms with van der Waals surface area (Å²) in [4.78, 5) is 14.3. The number of halogens is 1. The summed E-state index contributed by atoms with van der Waals surface area (Å²) in [6.07, 6.45) is 0.775. The Kier molecular flexibility index (Phi) is 1.77. The first-order chi connectivity index (χ1) is 5.11. The zero-order valence-corrected chi connectivity index (χ0v) is 6.97. The third-order valence-corrected chi connectivity index (χ3v) is 1.98. The van der Waals surface area contributed by atoms with E-state index in [-0.39, 0.29) is 5.69 Å². The van der Waals surface area contributed by atoms with Crippen LogP contribution < -0.4 is 0 Å². The van der Waals surface area contributed by atoms with Crippen molar-refractivity contribution in [2.45, 2.75) is 6.92 Å². The fourth-order valence-electron chi connectivity index (χ4n) is 0.595. The van der Waals surface area contributed by atoms with E-state index in [4.69, 9.17) is 1.37 Å². The van der Waals surface area contributed by atoms with Crippen molar-refractivity contribution in [2.24, 2.45) is 0 Å². The van der Waals surface area contributed by atoms with Gasteiger partial charge in [0.2, 0.25) is 0 Å². The first kappa shape index (κ1) is 6.04. The smallest absolute Gasteiger partial charge is 0.168 e. The lowest BCUT2D eigenvalue weighted by atomic mass is 10.2. The number of hydrogen-bond donors (Lipinski definition) is 0. The Hall–Kier alpha value is -0.700. The van der Waals surface area contributed by atoms with Gasteiger partial charge in [-0.15, -0.1) is 0 Å². The van der Waals surface area contributed by atoms with Gasteiger partial charge in [-0.05, 0) is 34.5 Å². The average Bonchev–Trinajstić information content (AvgIpc) is 1.94. The highest BCUT2D eigenvalue weighted by molar-refractivity contribution is 9.10. The molecule has 0 saturated heterocycles. The summed E-state index contributed by atoms with van der Waals surface area (Å²) in [5, 5.41) is 0. The molecule has 10 heavy (non-hydrogen) atoms. The highest BCUT2D eigenvalue weighted by Gasteiger charge is 1.95. The molecule has 0 radical (unpaired) electrons. The molecule has 1 rings (SSSR count). The summed E-state index contributed by atoms with van der Waals surface area (Å²) in [5.41, 5.74) is 1.10. The van der Waals surface area contributed by atoms with Crippen LogP contribution in [0.15, 0.2) is 16.7 Å². The van der Waals surface area contributed by atoms with E-state index in [1.54, 1.807) is 6.07 Å². The molecular formula is C7H6BrNO. The molecule has 0 aromatic carbocycles.